The number of sulfonamides is 1. The van der Waals surface area contributed by atoms with E-state index in [1.54, 1.807) is 39.9 Å². The molecule has 1 aliphatic carbocycles. The van der Waals surface area contributed by atoms with E-state index >= 15 is 0 Å². The van der Waals surface area contributed by atoms with Crippen LogP contribution in [0.2, 0.25) is 0 Å². The van der Waals surface area contributed by atoms with Crippen LogP contribution in [0.15, 0.2) is 88.2 Å². The van der Waals surface area contributed by atoms with Gasteiger partial charge in [0.05, 0.1) is 15.3 Å². The number of thiophene rings is 1. The lowest BCUT2D eigenvalue weighted by atomic mass is 9.60. The van der Waals surface area contributed by atoms with Crippen LogP contribution in [0.5, 0.6) is 0 Å². The quantitative estimate of drug-likeness (QED) is 0.225. The second kappa shape index (κ2) is 10.4. The summed E-state index contributed by atoms with van der Waals surface area (Å²) in [4.78, 5) is 14.7. The van der Waals surface area contributed by atoms with E-state index in [1.807, 2.05) is 54.8 Å². The number of aryl methyl sites for hydroxylation is 1. The highest BCUT2D eigenvalue weighted by atomic mass is 32.2. The molecule has 1 saturated carbocycles. The highest BCUT2D eigenvalue weighted by Gasteiger charge is 2.59. The fraction of sp³-hybridized carbons (Fsp3) is 0.387. The van der Waals surface area contributed by atoms with Crippen molar-refractivity contribution < 1.29 is 17.9 Å². The third-order valence-corrected chi connectivity index (χ3v) is 10.7. The molecule has 0 unspecified atom stereocenters. The first-order chi connectivity index (χ1) is 18.2. The van der Waals surface area contributed by atoms with Gasteiger partial charge in [0.1, 0.15) is 0 Å². The molecule has 0 spiro atoms. The summed E-state index contributed by atoms with van der Waals surface area (Å²) in [6, 6.07) is 19.9. The van der Waals surface area contributed by atoms with E-state index in [9.17, 15) is 13.2 Å². The van der Waals surface area contributed by atoms with Crippen molar-refractivity contribution in [1.29, 1.82) is 0 Å². The zero-order valence-corrected chi connectivity index (χ0v) is 24.0. The zero-order valence-electron chi connectivity index (χ0n) is 22.4. The molecular weight excluding hydrogens is 514 g/mol. The van der Waals surface area contributed by atoms with Gasteiger partial charge < -0.3 is 4.74 Å². The van der Waals surface area contributed by atoms with Crippen LogP contribution < -0.4 is 0 Å². The first kappa shape index (κ1) is 26.9. The minimum absolute atomic E-state index is 0.000686. The maximum absolute atomic E-state index is 14.0. The Labute approximate surface area is 230 Å². The van der Waals surface area contributed by atoms with Crippen molar-refractivity contribution in [2.75, 3.05) is 6.54 Å². The summed E-state index contributed by atoms with van der Waals surface area (Å²) in [5, 5.41) is 2.01. The van der Waals surface area contributed by atoms with Crippen LogP contribution in [0.25, 0.3) is 0 Å². The summed E-state index contributed by atoms with van der Waals surface area (Å²) >= 11 is 1.59. The molecule has 3 atom stereocenters. The van der Waals surface area contributed by atoms with Gasteiger partial charge in [-0.1, -0.05) is 62.7 Å². The molecule has 3 aromatic rings. The molecule has 1 aromatic heterocycles. The molecule has 200 valence electrons. The molecule has 2 aromatic carbocycles. The van der Waals surface area contributed by atoms with Gasteiger partial charge in [-0.25, -0.2) is 13.2 Å². The van der Waals surface area contributed by atoms with Gasteiger partial charge in [0.15, 0.2) is 5.60 Å². The van der Waals surface area contributed by atoms with E-state index < -0.39 is 15.6 Å². The Kier molecular flexibility index (Phi) is 7.37. The lowest BCUT2D eigenvalue weighted by Gasteiger charge is -2.56. The second-order valence-electron chi connectivity index (χ2n) is 10.8. The highest BCUT2D eigenvalue weighted by molar-refractivity contribution is 7.89. The Morgan fingerprint density at radius 2 is 1.79 bits per heavy atom. The van der Waals surface area contributed by atoms with Crippen LogP contribution in [0.3, 0.4) is 0 Å². The van der Waals surface area contributed by atoms with E-state index in [1.165, 1.54) is 0 Å². The number of nitrogens with zero attached hydrogens (tertiary/aromatic N) is 1. The molecular formula is C31H35NO4S2. The smallest absolute Gasteiger partial charge is 0.339 e. The minimum Gasteiger partial charge on any atom is -0.445 e. The van der Waals surface area contributed by atoms with Gasteiger partial charge in [-0.2, -0.15) is 4.31 Å². The monoisotopic (exact) mass is 549 g/mol. The van der Waals surface area contributed by atoms with E-state index in [-0.39, 0.29) is 23.8 Å². The number of hydrogen-bond acceptors (Lipinski definition) is 5. The average Bonchev–Trinajstić information content (AvgIpc) is 3.43. The normalized spacial score (nSPS) is 23.7. The summed E-state index contributed by atoms with van der Waals surface area (Å²) < 4.78 is 36.1. The number of ether oxygens (including phenoxy) is 1. The highest BCUT2D eigenvalue weighted by Crippen LogP contribution is 2.59. The van der Waals surface area contributed by atoms with Crippen molar-refractivity contribution >= 4 is 27.3 Å². The van der Waals surface area contributed by atoms with Crippen LogP contribution in [0, 0.1) is 18.8 Å². The van der Waals surface area contributed by atoms with Gasteiger partial charge in [-0.3, -0.25) is 0 Å². The number of carbonyl (C=O) groups is 1. The standard InChI is InChI=1S/C31H35NO4S2/c1-5-26-27(18-21(2)3)32(38(34,35)25-15-13-22(4)14-16-25)20-24-19-31(29(24)26,28-12-9-17-37-28)36-30(33)23-10-7-6-8-11-23/h6-17,21,24,27H,5,18-20H2,1-4H3/t24-,27-,31+/m0/s1. The SMILES string of the molecule is CCC1=C2[C@H](CN(S(=O)(=O)c3ccc(C)cc3)[C@H]1CC(C)C)C[C@@]2(OC(=O)c1ccccc1)c1cccs1. The third kappa shape index (κ3) is 4.65. The summed E-state index contributed by atoms with van der Waals surface area (Å²) in [6.45, 7) is 8.69. The Hall–Kier alpha value is -2.74. The van der Waals surface area contributed by atoms with Crippen molar-refractivity contribution in [2.24, 2.45) is 11.8 Å². The van der Waals surface area contributed by atoms with Crippen LogP contribution in [-0.2, 0) is 20.4 Å². The third-order valence-electron chi connectivity index (χ3n) is 7.77. The van der Waals surface area contributed by atoms with Crippen LogP contribution in [0.4, 0.5) is 0 Å². The van der Waals surface area contributed by atoms with Gasteiger partial charge in [0.25, 0.3) is 0 Å². The van der Waals surface area contributed by atoms with E-state index in [4.69, 9.17) is 4.74 Å². The molecule has 0 N–H and O–H groups in total. The van der Waals surface area contributed by atoms with Crippen molar-refractivity contribution in [3.63, 3.8) is 0 Å². The van der Waals surface area contributed by atoms with Gasteiger partial charge in [-0.15, -0.1) is 11.3 Å². The van der Waals surface area contributed by atoms with Crippen molar-refractivity contribution in [3.05, 3.63) is 99.3 Å². The predicted molar refractivity (Wildman–Crippen MR) is 152 cm³/mol. The van der Waals surface area contributed by atoms with Gasteiger partial charge in [0, 0.05) is 24.9 Å². The lowest BCUT2D eigenvalue weighted by molar-refractivity contribution is -0.0546. The Morgan fingerprint density at radius 1 is 1.08 bits per heavy atom. The molecule has 1 aliphatic heterocycles. The Morgan fingerprint density at radius 3 is 2.39 bits per heavy atom. The Bertz CT molecular complexity index is 1430. The fourth-order valence-electron chi connectivity index (χ4n) is 6.06. The molecule has 2 aliphatic rings. The average molecular weight is 550 g/mol. The van der Waals surface area contributed by atoms with E-state index in [0.717, 1.165) is 21.6 Å². The first-order valence-electron chi connectivity index (χ1n) is 13.3. The molecule has 0 amide bonds. The Balaban J connectivity index is 1.61. The number of hydrogen-bond donors (Lipinski definition) is 0. The number of fused-ring (bicyclic) bond motifs is 1. The molecule has 1 fully saturated rings. The molecule has 5 rings (SSSR count). The fourth-order valence-corrected chi connectivity index (χ4v) is 8.62. The number of esters is 1. The summed E-state index contributed by atoms with van der Waals surface area (Å²) in [5.41, 5.74) is 2.88. The molecule has 7 heteroatoms. The number of carbonyl (C=O) groups excluding carboxylic acids is 1. The summed E-state index contributed by atoms with van der Waals surface area (Å²) in [6.07, 6.45) is 1.97. The molecule has 0 bridgehead atoms. The summed E-state index contributed by atoms with van der Waals surface area (Å²) in [5.74, 6) is -0.0627. The maximum atomic E-state index is 14.0. The number of rotatable bonds is 8. The summed E-state index contributed by atoms with van der Waals surface area (Å²) in [7, 11) is -3.70. The van der Waals surface area contributed by atoms with Crippen LogP contribution in [-0.4, -0.2) is 31.3 Å². The maximum Gasteiger partial charge on any atom is 0.339 e. The van der Waals surface area contributed by atoms with Gasteiger partial charge >= 0.3 is 5.97 Å². The molecule has 0 radical (unpaired) electrons. The topological polar surface area (TPSA) is 63.7 Å². The van der Waals surface area contributed by atoms with Crippen molar-refractivity contribution in [2.45, 2.75) is 63.5 Å². The van der Waals surface area contributed by atoms with Crippen molar-refractivity contribution in [3.8, 4) is 0 Å². The van der Waals surface area contributed by atoms with Gasteiger partial charge in [0.2, 0.25) is 10.0 Å². The minimum atomic E-state index is -3.70. The molecule has 5 nitrogen and oxygen atoms in total. The lowest BCUT2D eigenvalue weighted by Crippen LogP contribution is -2.59. The predicted octanol–water partition coefficient (Wildman–Crippen LogP) is 6.95. The van der Waals surface area contributed by atoms with Crippen LogP contribution in [0.1, 0.15) is 60.8 Å². The van der Waals surface area contributed by atoms with Crippen molar-refractivity contribution in [1.82, 2.24) is 4.31 Å². The van der Waals surface area contributed by atoms with Crippen LogP contribution >= 0.6 is 11.3 Å². The molecule has 0 saturated heterocycles. The largest absolute Gasteiger partial charge is 0.445 e. The number of benzene rings is 2. The molecule has 38 heavy (non-hydrogen) atoms. The van der Waals surface area contributed by atoms with Gasteiger partial charge in [-0.05, 0) is 72.5 Å². The molecule has 2 heterocycles. The van der Waals surface area contributed by atoms with E-state index in [0.29, 0.717) is 36.3 Å². The second-order valence-corrected chi connectivity index (χ2v) is 13.6. The van der Waals surface area contributed by atoms with E-state index in [2.05, 4.69) is 20.8 Å². The first-order valence-corrected chi connectivity index (χ1v) is 15.6. The zero-order chi connectivity index (χ0) is 27.1.